The minimum atomic E-state index is -3.55. The van der Waals surface area contributed by atoms with E-state index < -0.39 is 10.0 Å². The Morgan fingerprint density at radius 3 is 2.55 bits per heavy atom. The Morgan fingerprint density at radius 2 is 1.85 bits per heavy atom. The first-order valence-electron chi connectivity index (χ1n) is 6.57. The summed E-state index contributed by atoms with van der Waals surface area (Å²) in [5.74, 6) is 0. The molecule has 0 atom stereocenters. The molecule has 0 spiro atoms. The van der Waals surface area contributed by atoms with Gasteiger partial charge in [-0.2, -0.15) is 0 Å². The van der Waals surface area contributed by atoms with Crippen LogP contribution in [0, 0.1) is 0 Å². The average molecular weight is 293 g/mol. The SMILES string of the molecule is CC(C)NCCNS(=O)(=O)c1cc2ccccc2cn1. The van der Waals surface area contributed by atoms with Gasteiger partial charge in [-0.15, -0.1) is 0 Å². The number of aromatic nitrogens is 1. The van der Waals surface area contributed by atoms with Gasteiger partial charge < -0.3 is 5.32 Å². The van der Waals surface area contributed by atoms with Crippen LogP contribution in [0.4, 0.5) is 0 Å². The minimum Gasteiger partial charge on any atom is -0.313 e. The predicted octanol–water partition coefficient (Wildman–Crippen LogP) is 1.51. The van der Waals surface area contributed by atoms with Gasteiger partial charge in [0.1, 0.15) is 0 Å². The molecule has 6 heteroatoms. The molecule has 0 aliphatic carbocycles. The molecular weight excluding hydrogens is 274 g/mol. The molecule has 2 N–H and O–H groups in total. The quantitative estimate of drug-likeness (QED) is 0.792. The van der Waals surface area contributed by atoms with Crippen molar-refractivity contribution in [3.8, 4) is 0 Å². The van der Waals surface area contributed by atoms with E-state index in [0.29, 0.717) is 19.1 Å². The Bertz CT molecular complexity index is 684. The molecule has 0 saturated heterocycles. The number of nitrogens with zero attached hydrogens (tertiary/aromatic N) is 1. The van der Waals surface area contributed by atoms with E-state index in [-0.39, 0.29) is 5.03 Å². The third-order valence-electron chi connectivity index (χ3n) is 2.85. The fourth-order valence-electron chi connectivity index (χ4n) is 1.83. The molecule has 1 aromatic carbocycles. The second-order valence-electron chi connectivity index (χ2n) is 4.88. The highest BCUT2D eigenvalue weighted by Gasteiger charge is 2.15. The fourth-order valence-corrected chi connectivity index (χ4v) is 2.82. The normalized spacial score (nSPS) is 12.2. The van der Waals surface area contributed by atoms with Crippen LogP contribution in [0.5, 0.6) is 0 Å². The van der Waals surface area contributed by atoms with Crippen molar-refractivity contribution in [1.29, 1.82) is 0 Å². The van der Waals surface area contributed by atoms with E-state index >= 15 is 0 Å². The Hall–Kier alpha value is -1.50. The molecule has 5 nitrogen and oxygen atoms in total. The molecule has 0 unspecified atom stereocenters. The van der Waals surface area contributed by atoms with Crippen LogP contribution in [0.2, 0.25) is 0 Å². The molecule has 0 bridgehead atoms. The molecule has 0 radical (unpaired) electrons. The summed E-state index contributed by atoms with van der Waals surface area (Å²) in [6.45, 7) is 4.96. The average Bonchev–Trinajstić information content (AvgIpc) is 2.43. The molecule has 2 rings (SSSR count). The summed E-state index contributed by atoms with van der Waals surface area (Å²) in [6, 6.07) is 9.47. The zero-order valence-corrected chi connectivity index (χ0v) is 12.4. The number of hydrogen-bond acceptors (Lipinski definition) is 4. The van der Waals surface area contributed by atoms with Crippen LogP contribution in [-0.2, 0) is 10.0 Å². The highest BCUT2D eigenvalue weighted by Crippen LogP contribution is 2.15. The van der Waals surface area contributed by atoms with E-state index in [1.165, 1.54) is 0 Å². The number of hydrogen-bond donors (Lipinski definition) is 2. The Kier molecular flexibility index (Phi) is 4.69. The second kappa shape index (κ2) is 6.30. The number of fused-ring (bicyclic) bond motifs is 1. The summed E-state index contributed by atoms with van der Waals surface area (Å²) in [5, 5.41) is 5.00. The summed E-state index contributed by atoms with van der Waals surface area (Å²) in [4.78, 5) is 4.02. The maximum atomic E-state index is 12.1. The molecule has 0 amide bonds. The topological polar surface area (TPSA) is 71.1 Å². The van der Waals surface area contributed by atoms with Crippen molar-refractivity contribution in [3.05, 3.63) is 36.5 Å². The maximum Gasteiger partial charge on any atom is 0.258 e. The molecule has 20 heavy (non-hydrogen) atoms. The van der Waals surface area contributed by atoms with Crippen molar-refractivity contribution < 1.29 is 8.42 Å². The fraction of sp³-hybridized carbons (Fsp3) is 0.357. The predicted molar refractivity (Wildman–Crippen MR) is 80.1 cm³/mol. The number of nitrogens with one attached hydrogen (secondary N) is 2. The summed E-state index contributed by atoms with van der Waals surface area (Å²) in [6.07, 6.45) is 1.58. The molecule has 0 saturated carbocycles. The van der Waals surface area contributed by atoms with Gasteiger partial charge in [0, 0.05) is 30.7 Å². The minimum absolute atomic E-state index is 0.0562. The Morgan fingerprint density at radius 1 is 1.15 bits per heavy atom. The molecule has 0 aliphatic rings. The van der Waals surface area contributed by atoms with Gasteiger partial charge in [0.15, 0.2) is 5.03 Å². The van der Waals surface area contributed by atoms with E-state index in [9.17, 15) is 8.42 Å². The number of benzene rings is 1. The lowest BCUT2D eigenvalue weighted by Crippen LogP contribution is -2.34. The molecule has 108 valence electrons. The highest BCUT2D eigenvalue weighted by molar-refractivity contribution is 7.89. The van der Waals surface area contributed by atoms with Crippen molar-refractivity contribution in [2.24, 2.45) is 0 Å². The lowest BCUT2D eigenvalue weighted by Gasteiger charge is -2.09. The lowest BCUT2D eigenvalue weighted by atomic mass is 10.2. The van der Waals surface area contributed by atoms with E-state index in [1.54, 1.807) is 12.3 Å². The molecule has 0 aliphatic heterocycles. The van der Waals surface area contributed by atoms with Crippen molar-refractivity contribution >= 4 is 20.8 Å². The van der Waals surface area contributed by atoms with Crippen molar-refractivity contribution in [2.45, 2.75) is 24.9 Å². The van der Waals surface area contributed by atoms with Gasteiger partial charge in [-0.1, -0.05) is 38.1 Å². The smallest absolute Gasteiger partial charge is 0.258 e. The third-order valence-corrected chi connectivity index (χ3v) is 4.21. The van der Waals surface area contributed by atoms with Crippen LogP contribution in [0.1, 0.15) is 13.8 Å². The van der Waals surface area contributed by atoms with Crippen LogP contribution in [-0.4, -0.2) is 32.5 Å². The van der Waals surface area contributed by atoms with Gasteiger partial charge >= 0.3 is 0 Å². The Labute approximate surface area is 119 Å². The number of pyridine rings is 1. The first kappa shape index (κ1) is 14.9. The van der Waals surface area contributed by atoms with E-state index in [4.69, 9.17) is 0 Å². The standard InChI is InChI=1S/C14H19N3O2S/c1-11(2)15-7-8-17-20(18,19)14-9-12-5-3-4-6-13(12)10-16-14/h3-6,9-11,15,17H,7-8H2,1-2H3. The molecular formula is C14H19N3O2S. The summed E-state index contributed by atoms with van der Waals surface area (Å²) in [5.41, 5.74) is 0. The van der Waals surface area contributed by atoms with E-state index in [2.05, 4.69) is 15.0 Å². The second-order valence-corrected chi connectivity index (χ2v) is 6.59. The Balaban J connectivity index is 2.11. The highest BCUT2D eigenvalue weighted by atomic mass is 32.2. The van der Waals surface area contributed by atoms with Gasteiger partial charge in [0.25, 0.3) is 10.0 Å². The monoisotopic (exact) mass is 293 g/mol. The van der Waals surface area contributed by atoms with Crippen LogP contribution >= 0.6 is 0 Å². The maximum absolute atomic E-state index is 12.1. The van der Waals surface area contributed by atoms with Gasteiger partial charge in [-0.05, 0) is 11.5 Å². The van der Waals surface area contributed by atoms with Gasteiger partial charge in [-0.3, -0.25) is 0 Å². The molecule has 2 aromatic rings. The summed E-state index contributed by atoms with van der Waals surface area (Å²) in [7, 11) is -3.55. The van der Waals surface area contributed by atoms with Crippen molar-refractivity contribution in [3.63, 3.8) is 0 Å². The van der Waals surface area contributed by atoms with E-state index in [1.807, 2.05) is 38.1 Å². The number of sulfonamides is 1. The van der Waals surface area contributed by atoms with Crippen molar-refractivity contribution in [1.82, 2.24) is 15.0 Å². The largest absolute Gasteiger partial charge is 0.313 e. The van der Waals surface area contributed by atoms with Gasteiger partial charge in [0.05, 0.1) is 0 Å². The molecule has 1 aromatic heterocycles. The third kappa shape index (κ3) is 3.75. The number of rotatable bonds is 6. The summed E-state index contributed by atoms with van der Waals surface area (Å²) < 4.78 is 26.8. The van der Waals surface area contributed by atoms with Gasteiger partial charge in [-0.25, -0.2) is 18.1 Å². The van der Waals surface area contributed by atoms with Crippen LogP contribution < -0.4 is 10.0 Å². The molecule has 1 heterocycles. The lowest BCUT2D eigenvalue weighted by molar-refractivity contribution is 0.557. The molecule has 0 fully saturated rings. The van der Waals surface area contributed by atoms with E-state index in [0.717, 1.165) is 10.8 Å². The van der Waals surface area contributed by atoms with Gasteiger partial charge in [0.2, 0.25) is 0 Å². The van der Waals surface area contributed by atoms with Crippen LogP contribution in [0.25, 0.3) is 10.8 Å². The first-order chi connectivity index (χ1) is 9.49. The zero-order valence-electron chi connectivity index (χ0n) is 11.6. The first-order valence-corrected chi connectivity index (χ1v) is 8.05. The zero-order chi connectivity index (χ0) is 14.6. The van der Waals surface area contributed by atoms with Crippen LogP contribution in [0.15, 0.2) is 41.6 Å². The summed E-state index contributed by atoms with van der Waals surface area (Å²) >= 11 is 0. The van der Waals surface area contributed by atoms with Crippen molar-refractivity contribution in [2.75, 3.05) is 13.1 Å². The van der Waals surface area contributed by atoms with Crippen LogP contribution in [0.3, 0.4) is 0 Å².